The van der Waals surface area contributed by atoms with Crippen LogP contribution in [0.3, 0.4) is 0 Å². The van der Waals surface area contributed by atoms with Gasteiger partial charge in [-0.1, -0.05) is 29.8 Å². The number of sulfonamides is 1. The van der Waals surface area contributed by atoms with Crippen molar-refractivity contribution in [2.24, 2.45) is 0 Å². The minimum absolute atomic E-state index is 0.146. The van der Waals surface area contributed by atoms with Gasteiger partial charge in [0.2, 0.25) is 0 Å². The summed E-state index contributed by atoms with van der Waals surface area (Å²) in [6.07, 6.45) is -1.03. The number of fused-ring (bicyclic) bond motifs is 2. The molecule has 0 aromatic heterocycles. The molecular formula is C27H28N2O6S. The fraction of sp³-hybridized carbons (Fsp3) is 0.296. The highest BCUT2D eigenvalue weighted by Crippen LogP contribution is 2.38. The van der Waals surface area contributed by atoms with Gasteiger partial charge in [0, 0.05) is 0 Å². The molecule has 0 bridgehead atoms. The van der Waals surface area contributed by atoms with Crippen LogP contribution in [0.1, 0.15) is 29.7 Å². The van der Waals surface area contributed by atoms with Gasteiger partial charge in [0.1, 0.15) is 19.0 Å². The minimum Gasteiger partial charge on any atom is -0.486 e. The van der Waals surface area contributed by atoms with E-state index in [0.29, 0.717) is 36.1 Å². The molecule has 2 heterocycles. The van der Waals surface area contributed by atoms with Crippen molar-refractivity contribution in [2.75, 3.05) is 24.1 Å². The Morgan fingerprint density at radius 1 is 0.917 bits per heavy atom. The van der Waals surface area contributed by atoms with Crippen molar-refractivity contribution in [2.45, 2.75) is 37.8 Å². The maximum atomic E-state index is 13.6. The topological polar surface area (TPSA) is 94.2 Å². The average Bonchev–Trinajstić information content (AvgIpc) is 2.87. The van der Waals surface area contributed by atoms with Gasteiger partial charge in [-0.15, -0.1) is 0 Å². The number of anilines is 1. The normalized spacial score (nSPS) is 17.5. The van der Waals surface area contributed by atoms with E-state index in [1.165, 1.54) is 4.31 Å². The van der Waals surface area contributed by atoms with Crippen molar-refractivity contribution in [1.29, 1.82) is 0 Å². The Labute approximate surface area is 210 Å². The first-order valence-corrected chi connectivity index (χ1v) is 13.2. The van der Waals surface area contributed by atoms with E-state index in [-0.39, 0.29) is 17.5 Å². The second kappa shape index (κ2) is 9.39. The lowest BCUT2D eigenvalue weighted by molar-refractivity contribution is -0.128. The fourth-order valence-electron chi connectivity index (χ4n) is 4.28. The van der Waals surface area contributed by atoms with Crippen LogP contribution in [-0.4, -0.2) is 40.2 Å². The maximum Gasteiger partial charge on any atom is 0.264 e. The maximum absolute atomic E-state index is 13.6. The van der Waals surface area contributed by atoms with E-state index in [1.54, 1.807) is 36.4 Å². The number of carbonyl (C=O) groups is 1. The molecule has 0 radical (unpaired) electrons. The molecule has 5 rings (SSSR count). The Hall–Kier alpha value is -3.72. The zero-order valence-electron chi connectivity index (χ0n) is 20.4. The molecule has 3 aromatic carbocycles. The Bertz CT molecular complexity index is 1400. The number of nitrogens with one attached hydrogen (secondary N) is 1. The number of rotatable bonds is 5. The van der Waals surface area contributed by atoms with Gasteiger partial charge >= 0.3 is 0 Å². The predicted molar refractivity (Wildman–Crippen MR) is 135 cm³/mol. The number of carbonyl (C=O) groups excluding carboxylic acids is 1. The molecule has 1 N–H and O–H groups in total. The number of aryl methyl sites for hydroxylation is 2. The molecule has 0 fully saturated rings. The third-order valence-corrected chi connectivity index (χ3v) is 8.10. The third kappa shape index (κ3) is 4.58. The lowest BCUT2D eigenvalue weighted by atomic mass is 10.1. The summed E-state index contributed by atoms with van der Waals surface area (Å²) in [7, 11) is -3.92. The molecule has 3 aromatic rings. The fourth-order valence-corrected chi connectivity index (χ4v) is 5.75. The monoisotopic (exact) mass is 508 g/mol. The summed E-state index contributed by atoms with van der Waals surface area (Å²) >= 11 is 0. The van der Waals surface area contributed by atoms with Crippen LogP contribution in [0.25, 0.3) is 0 Å². The summed E-state index contributed by atoms with van der Waals surface area (Å²) in [5.41, 5.74) is 3.09. The van der Waals surface area contributed by atoms with Crippen molar-refractivity contribution in [1.82, 2.24) is 5.32 Å². The van der Waals surface area contributed by atoms with E-state index in [4.69, 9.17) is 14.2 Å². The molecule has 2 atom stereocenters. The van der Waals surface area contributed by atoms with Gasteiger partial charge in [-0.2, -0.15) is 0 Å². The van der Waals surface area contributed by atoms with Gasteiger partial charge in [-0.25, -0.2) is 8.42 Å². The van der Waals surface area contributed by atoms with E-state index in [2.05, 4.69) is 5.32 Å². The highest BCUT2D eigenvalue weighted by atomic mass is 32.2. The van der Waals surface area contributed by atoms with Gasteiger partial charge in [0.25, 0.3) is 15.9 Å². The molecule has 36 heavy (non-hydrogen) atoms. The van der Waals surface area contributed by atoms with Crippen LogP contribution < -0.4 is 23.8 Å². The van der Waals surface area contributed by atoms with E-state index in [0.717, 1.165) is 16.7 Å². The van der Waals surface area contributed by atoms with E-state index < -0.39 is 22.0 Å². The number of hydrogen-bond donors (Lipinski definition) is 1. The summed E-state index contributed by atoms with van der Waals surface area (Å²) in [4.78, 5) is 13.4. The summed E-state index contributed by atoms with van der Waals surface area (Å²) in [5.74, 6) is 1.24. The molecule has 2 aliphatic heterocycles. The number of nitrogens with zero attached hydrogens (tertiary/aromatic N) is 1. The quantitative estimate of drug-likeness (QED) is 0.562. The Morgan fingerprint density at radius 3 is 2.33 bits per heavy atom. The minimum atomic E-state index is -3.92. The molecule has 0 saturated carbocycles. The lowest BCUT2D eigenvalue weighted by Crippen LogP contribution is -2.51. The van der Waals surface area contributed by atoms with Crippen LogP contribution >= 0.6 is 0 Å². The Kier molecular flexibility index (Phi) is 6.26. The largest absolute Gasteiger partial charge is 0.486 e. The molecular weight excluding hydrogens is 480 g/mol. The van der Waals surface area contributed by atoms with Gasteiger partial charge in [-0.3, -0.25) is 9.10 Å². The lowest BCUT2D eigenvalue weighted by Gasteiger charge is -2.35. The van der Waals surface area contributed by atoms with Crippen LogP contribution in [0, 0.1) is 13.8 Å². The number of hydrogen-bond acceptors (Lipinski definition) is 6. The zero-order valence-corrected chi connectivity index (χ0v) is 21.2. The van der Waals surface area contributed by atoms with Crippen LogP contribution in [0.4, 0.5) is 5.69 Å². The summed E-state index contributed by atoms with van der Waals surface area (Å²) in [6.45, 7) is 6.45. The van der Waals surface area contributed by atoms with Crippen molar-refractivity contribution >= 4 is 21.6 Å². The molecule has 8 nitrogen and oxygen atoms in total. The standard InChI is InChI=1S/C27H28N2O6S/c1-17-4-8-21(9-5-17)36(31,32)29-16-26(35-23-10-6-18(2)14-22(23)29)27(30)28-19(3)20-7-11-24-25(15-20)34-13-12-33-24/h4-11,14-15,19,26H,12-13,16H2,1-3H3,(H,28,30). The predicted octanol–water partition coefficient (Wildman–Crippen LogP) is 3.91. The molecule has 1 amide bonds. The van der Waals surface area contributed by atoms with Crippen molar-refractivity contribution in [3.63, 3.8) is 0 Å². The van der Waals surface area contributed by atoms with Gasteiger partial charge < -0.3 is 19.5 Å². The number of benzene rings is 3. The molecule has 0 aliphatic carbocycles. The van der Waals surface area contributed by atoms with Crippen LogP contribution in [-0.2, 0) is 14.8 Å². The van der Waals surface area contributed by atoms with E-state index in [1.807, 2.05) is 45.0 Å². The average molecular weight is 509 g/mol. The summed E-state index contributed by atoms with van der Waals surface area (Å²) in [6, 6.07) is 17.1. The second-order valence-corrected chi connectivity index (χ2v) is 10.9. The van der Waals surface area contributed by atoms with E-state index in [9.17, 15) is 13.2 Å². The van der Waals surface area contributed by atoms with Gasteiger partial charge in [0.05, 0.1) is 23.2 Å². The van der Waals surface area contributed by atoms with Gasteiger partial charge in [-0.05, 0) is 68.3 Å². The highest BCUT2D eigenvalue weighted by molar-refractivity contribution is 7.92. The SMILES string of the molecule is Cc1ccc(S(=O)(=O)N2CC(C(=O)NC(C)c3ccc4c(c3)OCCO4)Oc3ccc(C)cc32)cc1. The Morgan fingerprint density at radius 2 is 1.58 bits per heavy atom. The number of amides is 1. The molecule has 0 spiro atoms. The summed E-state index contributed by atoms with van der Waals surface area (Å²) in [5, 5.41) is 2.95. The van der Waals surface area contributed by atoms with Gasteiger partial charge in [0.15, 0.2) is 17.6 Å². The molecule has 2 unspecified atom stereocenters. The summed E-state index contributed by atoms with van der Waals surface area (Å²) < 4.78 is 45.7. The highest BCUT2D eigenvalue weighted by Gasteiger charge is 2.38. The molecule has 2 aliphatic rings. The van der Waals surface area contributed by atoms with Crippen LogP contribution in [0.5, 0.6) is 17.2 Å². The third-order valence-electron chi connectivity index (χ3n) is 6.31. The molecule has 188 valence electrons. The Balaban J connectivity index is 1.41. The number of ether oxygens (including phenoxy) is 3. The molecule has 9 heteroatoms. The second-order valence-electron chi connectivity index (χ2n) is 9.06. The molecule has 0 saturated heterocycles. The van der Waals surface area contributed by atoms with E-state index >= 15 is 0 Å². The van der Waals surface area contributed by atoms with Crippen LogP contribution in [0.2, 0.25) is 0 Å². The first-order chi connectivity index (χ1) is 17.2. The smallest absolute Gasteiger partial charge is 0.264 e. The first kappa shape index (κ1) is 24.0. The van der Waals surface area contributed by atoms with Crippen molar-refractivity contribution in [3.8, 4) is 17.2 Å². The zero-order chi connectivity index (χ0) is 25.4. The van der Waals surface area contributed by atoms with Crippen LogP contribution in [0.15, 0.2) is 65.6 Å². The first-order valence-electron chi connectivity index (χ1n) is 11.8. The van der Waals surface area contributed by atoms with Crippen molar-refractivity contribution < 1.29 is 27.4 Å². The van der Waals surface area contributed by atoms with Crippen molar-refractivity contribution in [3.05, 3.63) is 77.4 Å².